The van der Waals surface area contributed by atoms with E-state index in [1.807, 2.05) is 0 Å². The highest BCUT2D eigenvalue weighted by Gasteiger charge is 2.15. The number of carbonyl (C=O) groups excluding carboxylic acids is 1. The number of hydrogen-bond donors (Lipinski definition) is 1. The first-order valence-electron chi connectivity index (χ1n) is 5.18. The Hall–Kier alpha value is -1.69. The lowest BCUT2D eigenvalue weighted by molar-refractivity contribution is 0.102. The molecular formula is C12H10BrFN2O2. The molecule has 0 unspecified atom stereocenters. The van der Waals surface area contributed by atoms with Crippen molar-refractivity contribution in [3.63, 3.8) is 0 Å². The van der Waals surface area contributed by atoms with E-state index in [4.69, 9.17) is 4.52 Å². The Labute approximate surface area is 111 Å². The smallest absolute Gasteiger partial charge is 0.259 e. The van der Waals surface area contributed by atoms with Gasteiger partial charge in [-0.3, -0.25) is 10.1 Å². The zero-order chi connectivity index (χ0) is 13.3. The van der Waals surface area contributed by atoms with Crippen molar-refractivity contribution in [3.8, 4) is 0 Å². The largest absolute Gasteiger partial charge is 0.338 e. The Morgan fingerprint density at radius 1 is 1.44 bits per heavy atom. The highest BCUT2D eigenvalue weighted by atomic mass is 79.9. The van der Waals surface area contributed by atoms with Crippen molar-refractivity contribution < 1.29 is 13.7 Å². The lowest BCUT2D eigenvalue weighted by Gasteiger charge is -2.04. The summed E-state index contributed by atoms with van der Waals surface area (Å²) < 4.78 is 18.6. The number of nitrogens with one attached hydrogen (secondary N) is 1. The lowest BCUT2D eigenvalue weighted by atomic mass is 10.2. The quantitative estimate of drug-likeness (QED) is 0.924. The van der Waals surface area contributed by atoms with Crippen molar-refractivity contribution >= 4 is 27.7 Å². The van der Waals surface area contributed by atoms with E-state index in [1.54, 1.807) is 13.8 Å². The van der Waals surface area contributed by atoms with Crippen LogP contribution < -0.4 is 5.32 Å². The first-order valence-corrected chi connectivity index (χ1v) is 5.97. The number of hydrogen-bond acceptors (Lipinski definition) is 3. The maximum absolute atomic E-state index is 13.1. The maximum Gasteiger partial charge on any atom is 0.259 e. The Morgan fingerprint density at radius 3 is 2.78 bits per heavy atom. The number of aryl methyl sites for hydroxylation is 1. The summed E-state index contributed by atoms with van der Waals surface area (Å²) in [5, 5.41) is 6.28. The van der Waals surface area contributed by atoms with Gasteiger partial charge in [-0.25, -0.2) is 4.39 Å². The topological polar surface area (TPSA) is 55.1 Å². The zero-order valence-electron chi connectivity index (χ0n) is 9.75. The molecule has 2 rings (SSSR count). The highest BCUT2D eigenvalue weighted by Crippen LogP contribution is 2.22. The second kappa shape index (κ2) is 4.89. The fourth-order valence-electron chi connectivity index (χ4n) is 1.37. The molecule has 0 bridgehead atoms. The highest BCUT2D eigenvalue weighted by molar-refractivity contribution is 9.10. The van der Waals surface area contributed by atoms with Crippen LogP contribution in [0.15, 0.2) is 27.2 Å². The summed E-state index contributed by atoms with van der Waals surface area (Å²) in [5.41, 5.74) is 1.64. The lowest BCUT2D eigenvalue weighted by Crippen LogP contribution is -2.13. The average molecular weight is 313 g/mol. The van der Waals surface area contributed by atoms with Gasteiger partial charge in [0.15, 0.2) is 0 Å². The monoisotopic (exact) mass is 312 g/mol. The molecule has 2 aromatic rings. The molecule has 4 nitrogen and oxygen atoms in total. The van der Waals surface area contributed by atoms with Crippen LogP contribution in [0.5, 0.6) is 0 Å². The Kier molecular flexibility index (Phi) is 3.47. The number of carbonyl (C=O) groups is 1. The number of benzene rings is 1. The van der Waals surface area contributed by atoms with Gasteiger partial charge in [0.25, 0.3) is 5.91 Å². The predicted molar refractivity (Wildman–Crippen MR) is 68.0 cm³/mol. The molecule has 1 heterocycles. The third-order valence-corrected chi connectivity index (χ3v) is 3.25. The second-order valence-electron chi connectivity index (χ2n) is 3.80. The molecule has 0 saturated carbocycles. The van der Waals surface area contributed by atoms with Crippen LogP contribution in [-0.2, 0) is 0 Å². The van der Waals surface area contributed by atoms with Crippen LogP contribution in [0.3, 0.4) is 0 Å². The molecule has 0 aliphatic rings. The molecule has 0 aliphatic heterocycles. The molecule has 1 N–H and O–H groups in total. The van der Waals surface area contributed by atoms with E-state index >= 15 is 0 Å². The van der Waals surface area contributed by atoms with Crippen LogP contribution in [0.25, 0.3) is 0 Å². The first kappa shape index (κ1) is 12.8. The molecule has 6 heteroatoms. The van der Waals surface area contributed by atoms with Gasteiger partial charge in [0.1, 0.15) is 5.82 Å². The molecule has 1 amide bonds. The molecular weight excluding hydrogens is 303 g/mol. The van der Waals surface area contributed by atoms with Crippen molar-refractivity contribution in [1.29, 1.82) is 0 Å². The van der Waals surface area contributed by atoms with Crippen molar-refractivity contribution in [1.82, 2.24) is 5.16 Å². The molecule has 0 radical (unpaired) electrons. The summed E-state index contributed by atoms with van der Waals surface area (Å²) in [6, 6.07) is 3.89. The zero-order valence-corrected chi connectivity index (χ0v) is 11.3. The standard InChI is InChI=1S/C12H10BrFN2O2/c1-6-7(2)16-18-12(6)15-11(17)9-5-8(14)3-4-10(9)13/h3-5H,1-2H3,(H,15,17). The molecule has 0 saturated heterocycles. The molecule has 1 aromatic heterocycles. The van der Waals surface area contributed by atoms with Gasteiger partial charge < -0.3 is 4.52 Å². The average Bonchev–Trinajstić information content (AvgIpc) is 2.64. The van der Waals surface area contributed by atoms with Crippen LogP contribution in [-0.4, -0.2) is 11.1 Å². The number of halogens is 2. The minimum atomic E-state index is -0.478. The van der Waals surface area contributed by atoms with Crippen molar-refractivity contribution in [2.75, 3.05) is 5.32 Å². The van der Waals surface area contributed by atoms with Gasteiger partial charge in [-0.15, -0.1) is 0 Å². The van der Waals surface area contributed by atoms with E-state index in [9.17, 15) is 9.18 Å². The number of amides is 1. The van der Waals surface area contributed by atoms with Crippen molar-refractivity contribution in [3.05, 3.63) is 45.3 Å². The molecule has 94 valence electrons. The number of aromatic nitrogens is 1. The summed E-state index contributed by atoms with van der Waals surface area (Å²) in [6.07, 6.45) is 0. The summed E-state index contributed by atoms with van der Waals surface area (Å²) in [5.74, 6) is -0.664. The Balaban J connectivity index is 2.27. The van der Waals surface area contributed by atoms with E-state index in [1.165, 1.54) is 12.1 Å². The first-order chi connectivity index (χ1) is 8.49. The minimum absolute atomic E-state index is 0.198. The fourth-order valence-corrected chi connectivity index (χ4v) is 1.80. The normalized spacial score (nSPS) is 10.4. The summed E-state index contributed by atoms with van der Waals surface area (Å²) in [4.78, 5) is 12.0. The number of anilines is 1. The van der Waals surface area contributed by atoms with Gasteiger partial charge in [0.05, 0.1) is 11.3 Å². The van der Waals surface area contributed by atoms with E-state index < -0.39 is 11.7 Å². The summed E-state index contributed by atoms with van der Waals surface area (Å²) in [6.45, 7) is 3.55. The van der Waals surface area contributed by atoms with Crippen LogP contribution in [0.2, 0.25) is 0 Å². The number of rotatable bonds is 2. The van der Waals surface area contributed by atoms with Gasteiger partial charge >= 0.3 is 0 Å². The number of nitrogens with zero attached hydrogens (tertiary/aromatic N) is 1. The second-order valence-corrected chi connectivity index (χ2v) is 4.65. The molecule has 0 aliphatic carbocycles. The van der Waals surface area contributed by atoms with Crippen LogP contribution in [0, 0.1) is 19.7 Å². The fraction of sp³-hybridized carbons (Fsp3) is 0.167. The Morgan fingerprint density at radius 2 is 2.17 bits per heavy atom. The van der Waals surface area contributed by atoms with E-state index in [0.717, 1.165) is 11.6 Å². The summed E-state index contributed by atoms with van der Waals surface area (Å²) >= 11 is 3.19. The summed E-state index contributed by atoms with van der Waals surface area (Å²) in [7, 11) is 0. The Bertz CT molecular complexity index is 610. The molecule has 1 aromatic carbocycles. The maximum atomic E-state index is 13.1. The molecule has 0 fully saturated rings. The van der Waals surface area contributed by atoms with Gasteiger partial charge in [0.2, 0.25) is 5.88 Å². The van der Waals surface area contributed by atoms with Crippen molar-refractivity contribution in [2.24, 2.45) is 0 Å². The van der Waals surface area contributed by atoms with Crippen LogP contribution in [0.1, 0.15) is 21.6 Å². The van der Waals surface area contributed by atoms with Crippen molar-refractivity contribution in [2.45, 2.75) is 13.8 Å². The molecule has 18 heavy (non-hydrogen) atoms. The molecule has 0 atom stereocenters. The van der Waals surface area contributed by atoms with Crippen LogP contribution >= 0.6 is 15.9 Å². The van der Waals surface area contributed by atoms with E-state index in [2.05, 4.69) is 26.4 Å². The van der Waals surface area contributed by atoms with Crippen LogP contribution in [0.4, 0.5) is 10.3 Å². The van der Waals surface area contributed by atoms with Gasteiger partial charge in [-0.2, -0.15) is 0 Å². The van der Waals surface area contributed by atoms with E-state index in [0.29, 0.717) is 10.2 Å². The SMILES string of the molecule is Cc1noc(NC(=O)c2cc(F)ccc2Br)c1C. The third-order valence-electron chi connectivity index (χ3n) is 2.56. The van der Waals surface area contributed by atoms with Gasteiger partial charge in [-0.05, 0) is 48.0 Å². The predicted octanol–water partition coefficient (Wildman–Crippen LogP) is 3.45. The minimum Gasteiger partial charge on any atom is -0.338 e. The molecule has 0 spiro atoms. The van der Waals surface area contributed by atoms with Gasteiger partial charge in [-0.1, -0.05) is 5.16 Å². The van der Waals surface area contributed by atoms with Gasteiger partial charge in [0, 0.05) is 10.0 Å². The van der Waals surface area contributed by atoms with E-state index in [-0.39, 0.29) is 11.4 Å². The third kappa shape index (κ3) is 2.43.